The van der Waals surface area contributed by atoms with E-state index >= 15 is 0 Å². The third-order valence-electron chi connectivity index (χ3n) is 1.18. The van der Waals surface area contributed by atoms with Crippen LogP contribution < -0.4 is 0 Å². The molecule has 0 unspecified atom stereocenters. The summed E-state index contributed by atoms with van der Waals surface area (Å²) in [7, 11) is 1.91. The number of hydrogen-bond acceptors (Lipinski definition) is 1. The number of rotatable bonds is 4. The summed E-state index contributed by atoms with van der Waals surface area (Å²) < 4.78 is 0. The van der Waals surface area contributed by atoms with Crippen LogP contribution in [0.2, 0.25) is 0 Å². The molecule has 1 nitrogen and oxygen atoms in total. The fourth-order valence-electron chi connectivity index (χ4n) is 0.556. The first-order chi connectivity index (χ1) is 4.76. The van der Waals surface area contributed by atoms with Gasteiger partial charge in [-0.15, -0.1) is 0 Å². The SMILES string of the molecule is C=C/C=C(/C=C)N(C)C=C. The van der Waals surface area contributed by atoms with Gasteiger partial charge >= 0.3 is 0 Å². The molecule has 0 bridgehead atoms. The highest BCUT2D eigenvalue weighted by Crippen LogP contribution is 2.01. The second-order valence-electron chi connectivity index (χ2n) is 1.82. The van der Waals surface area contributed by atoms with Gasteiger partial charge in [0.1, 0.15) is 0 Å². The van der Waals surface area contributed by atoms with Crippen molar-refractivity contribution in [3.63, 3.8) is 0 Å². The molecule has 0 aliphatic carbocycles. The van der Waals surface area contributed by atoms with E-state index in [-0.39, 0.29) is 0 Å². The van der Waals surface area contributed by atoms with Crippen molar-refractivity contribution in [3.8, 4) is 0 Å². The van der Waals surface area contributed by atoms with E-state index in [0.717, 1.165) is 5.70 Å². The summed E-state index contributed by atoms with van der Waals surface area (Å²) in [5.74, 6) is 0. The Hall–Kier alpha value is -1.24. The van der Waals surface area contributed by atoms with Crippen molar-refractivity contribution in [2.24, 2.45) is 0 Å². The van der Waals surface area contributed by atoms with Gasteiger partial charge < -0.3 is 4.90 Å². The van der Waals surface area contributed by atoms with Crippen molar-refractivity contribution in [1.82, 2.24) is 4.90 Å². The molecule has 0 amide bonds. The summed E-state index contributed by atoms with van der Waals surface area (Å²) in [6.45, 7) is 10.8. The first-order valence-electron chi connectivity index (χ1n) is 3.06. The maximum atomic E-state index is 3.64. The zero-order chi connectivity index (χ0) is 7.98. The first-order valence-corrected chi connectivity index (χ1v) is 3.06. The molecular formula is C9H13N. The largest absolute Gasteiger partial charge is 0.352 e. The Morgan fingerprint density at radius 1 is 1.30 bits per heavy atom. The lowest BCUT2D eigenvalue weighted by Gasteiger charge is -2.12. The first kappa shape index (κ1) is 8.76. The van der Waals surface area contributed by atoms with Crippen LogP contribution in [0.1, 0.15) is 0 Å². The van der Waals surface area contributed by atoms with Gasteiger partial charge in [0.05, 0.1) is 0 Å². The topological polar surface area (TPSA) is 3.24 Å². The van der Waals surface area contributed by atoms with Gasteiger partial charge in [-0.3, -0.25) is 0 Å². The molecular weight excluding hydrogens is 122 g/mol. The van der Waals surface area contributed by atoms with E-state index in [0.29, 0.717) is 0 Å². The second kappa shape index (κ2) is 4.62. The van der Waals surface area contributed by atoms with Crippen molar-refractivity contribution in [2.45, 2.75) is 0 Å². The van der Waals surface area contributed by atoms with Crippen LogP contribution in [0.15, 0.2) is 49.9 Å². The van der Waals surface area contributed by atoms with Crippen LogP contribution in [0, 0.1) is 0 Å². The highest BCUT2D eigenvalue weighted by atomic mass is 15.1. The lowest BCUT2D eigenvalue weighted by molar-refractivity contribution is 0.591. The molecule has 0 radical (unpaired) electrons. The van der Waals surface area contributed by atoms with Crippen molar-refractivity contribution in [1.29, 1.82) is 0 Å². The predicted molar refractivity (Wildman–Crippen MR) is 46.4 cm³/mol. The molecule has 0 N–H and O–H groups in total. The fraction of sp³-hybridized carbons (Fsp3) is 0.111. The van der Waals surface area contributed by atoms with E-state index in [4.69, 9.17) is 0 Å². The third kappa shape index (κ3) is 2.35. The van der Waals surface area contributed by atoms with Crippen molar-refractivity contribution < 1.29 is 0 Å². The molecule has 0 aliphatic heterocycles. The highest BCUT2D eigenvalue weighted by molar-refractivity contribution is 5.20. The zero-order valence-electron chi connectivity index (χ0n) is 6.38. The molecule has 0 fully saturated rings. The Morgan fingerprint density at radius 3 is 2.20 bits per heavy atom. The Morgan fingerprint density at radius 2 is 1.90 bits per heavy atom. The lowest BCUT2D eigenvalue weighted by atomic mass is 10.3. The average molecular weight is 135 g/mol. The van der Waals surface area contributed by atoms with Crippen molar-refractivity contribution in [2.75, 3.05) is 7.05 Å². The Balaban J connectivity index is 4.32. The monoisotopic (exact) mass is 135 g/mol. The van der Waals surface area contributed by atoms with Gasteiger partial charge in [0, 0.05) is 12.7 Å². The molecule has 1 heteroatoms. The smallest absolute Gasteiger partial charge is 0.0397 e. The van der Waals surface area contributed by atoms with Crippen LogP contribution in [0.3, 0.4) is 0 Å². The minimum absolute atomic E-state index is 0.991. The number of nitrogens with zero attached hydrogens (tertiary/aromatic N) is 1. The Kier molecular flexibility index (Phi) is 4.05. The average Bonchev–Trinajstić information content (AvgIpc) is 1.99. The minimum Gasteiger partial charge on any atom is -0.352 e. The van der Waals surface area contributed by atoms with Gasteiger partial charge in [-0.1, -0.05) is 25.8 Å². The van der Waals surface area contributed by atoms with E-state index in [1.165, 1.54) is 0 Å². The summed E-state index contributed by atoms with van der Waals surface area (Å²) in [4.78, 5) is 1.87. The molecule has 0 saturated heterocycles. The standard InChI is InChI=1S/C9H13N/c1-5-8-9(6-2)10(4)7-3/h5-8H,1-3H2,4H3/b9-8-. The quantitative estimate of drug-likeness (QED) is 0.535. The molecule has 0 aromatic rings. The summed E-state index contributed by atoms with van der Waals surface area (Å²) >= 11 is 0. The molecule has 0 aromatic heterocycles. The predicted octanol–water partition coefficient (Wildman–Crippen LogP) is 2.32. The van der Waals surface area contributed by atoms with Crippen LogP contribution in [0.4, 0.5) is 0 Å². The maximum absolute atomic E-state index is 3.64. The molecule has 0 heterocycles. The van der Waals surface area contributed by atoms with E-state index < -0.39 is 0 Å². The van der Waals surface area contributed by atoms with E-state index in [9.17, 15) is 0 Å². The molecule has 0 atom stereocenters. The molecule has 54 valence electrons. The molecule has 0 aliphatic rings. The molecule has 0 spiro atoms. The molecule has 0 saturated carbocycles. The second-order valence-corrected chi connectivity index (χ2v) is 1.82. The van der Waals surface area contributed by atoms with Crippen LogP contribution in [0.5, 0.6) is 0 Å². The van der Waals surface area contributed by atoms with Crippen LogP contribution >= 0.6 is 0 Å². The molecule has 0 aromatic carbocycles. The van der Waals surface area contributed by atoms with Gasteiger partial charge in [-0.25, -0.2) is 0 Å². The van der Waals surface area contributed by atoms with Gasteiger partial charge in [0.2, 0.25) is 0 Å². The van der Waals surface area contributed by atoms with Crippen LogP contribution in [-0.2, 0) is 0 Å². The van der Waals surface area contributed by atoms with Crippen LogP contribution in [-0.4, -0.2) is 11.9 Å². The zero-order valence-corrected chi connectivity index (χ0v) is 6.38. The third-order valence-corrected chi connectivity index (χ3v) is 1.18. The normalized spacial score (nSPS) is 10.3. The summed E-state index contributed by atoms with van der Waals surface area (Å²) in [5, 5.41) is 0. The fourth-order valence-corrected chi connectivity index (χ4v) is 0.556. The van der Waals surface area contributed by atoms with Crippen molar-refractivity contribution in [3.05, 3.63) is 49.9 Å². The van der Waals surface area contributed by atoms with E-state index in [1.54, 1.807) is 18.4 Å². The number of hydrogen-bond donors (Lipinski definition) is 0. The summed E-state index contributed by atoms with van der Waals surface area (Å²) in [6.07, 6.45) is 7.06. The van der Waals surface area contributed by atoms with Gasteiger partial charge in [0.15, 0.2) is 0 Å². The Labute approximate surface area is 62.7 Å². The Bertz CT molecular complexity index is 166. The number of allylic oxidation sites excluding steroid dienone is 3. The number of likely N-dealkylation sites (N-methyl/N-ethyl adjacent to an activating group) is 1. The minimum atomic E-state index is 0.991. The molecule has 0 rings (SSSR count). The van der Waals surface area contributed by atoms with E-state index in [1.807, 2.05) is 18.0 Å². The van der Waals surface area contributed by atoms with Crippen LogP contribution in [0.25, 0.3) is 0 Å². The maximum Gasteiger partial charge on any atom is 0.0397 e. The summed E-state index contributed by atoms with van der Waals surface area (Å²) in [5.41, 5.74) is 0.991. The van der Waals surface area contributed by atoms with Crippen molar-refractivity contribution >= 4 is 0 Å². The van der Waals surface area contributed by atoms with Gasteiger partial charge in [-0.2, -0.15) is 0 Å². The lowest BCUT2D eigenvalue weighted by Crippen LogP contribution is -2.06. The van der Waals surface area contributed by atoms with Gasteiger partial charge in [-0.05, 0) is 18.4 Å². The highest BCUT2D eigenvalue weighted by Gasteiger charge is 1.90. The summed E-state index contributed by atoms with van der Waals surface area (Å²) in [6, 6.07) is 0. The van der Waals surface area contributed by atoms with Gasteiger partial charge in [0.25, 0.3) is 0 Å². The van der Waals surface area contributed by atoms with E-state index in [2.05, 4.69) is 19.7 Å². The molecule has 10 heavy (non-hydrogen) atoms.